The van der Waals surface area contributed by atoms with E-state index in [1.165, 1.54) is 0 Å². The van der Waals surface area contributed by atoms with E-state index in [4.69, 9.17) is 0 Å². The van der Waals surface area contributed by atoms with Gasteiger partial charge in [-0.3, -0.25) is 4.72 Å². The Labute approximate surface area is 82.8 Å². The van der Waals surface area contributed by atoms with E-state index in [1.54, 1.807) is 24.3 Å². The highest BCUT2D eigenvalue weighted by molar-refractivity contribution is 7.90. The van der Waals surface area contributed by atoms with Crippen LogP contribution in [-0.2, 0) is 15.8 Å². The molecule has 0 aliphatic rings. The predicted octanol–water partition coefficient (Wildman–Crippen LogP) is 1.06. The molecule has 0 saturated heterocycles. The Morgan fingerprint density at radius 2 is 1.92 bits per heavy atom. The fourth-order valence-corrected chi connectivity index (χ4v) is 2.21. The summed E-state index contributed by atoms with van der Waals surface area (Å²) in [5.74, 6) is -0.0407. The van der Waals surface area contributed by atoms with Crippen molar-refractivity contribution in [3.63, 3.8) is 0 Å². The first-order chi connectivity index (χ1) is 6.14. The summed E-state index contributed by atoms with van der Waals surface area (Å²) in [4.78, 5) is 0. The summed E-state index contributed by atoms with van der Waals surface area (Å²) < 4.78 is 24.5. The second-order valence-corrected chi connectivity index (χ2v) is 4.47. The Hall–Kier alpha value is -0.940. The largest absolute Gasteiger partial charge is 0.280 e. The van der Waals surface area contributed by atoms with E-state index in [0.717, 1.165) is 11.1 Å². The smallest absolute Gasteiger partial charge is 0.237 e. The van der Waals surface area contributed by atoms with Crippen molar-refractivity contribution >= 4 is 27.7 Å². The van der Waals surface area contributed by atoms with Crippen molar-refractivity contribution in [2.45, 2.75) is 5.75 Å². The van der Waals surface area contributed by atoms with Crippen LogP contribution in [0.5, 0.6) is 0 Å². The highest BCUT2D eigenvalue weighted by atomic mass is 32.2. The molecular formula is C8H9NO2S2. The Bertz CT molecular complexity index is 372. The molecule has 0 fully saturated rings. The molecule has 3 nitrogen and oxygen atoms in total. The Morgan fingerprint density at radius 1 is 1.31 bits per heavy atom. The molecule has 0 heterocycles. The van der Waals surface area contributed by atoms with Gasteiger partial charge in [0.25, 0.3) is 0 Å². The first-order valence-corrected chi connectivity index (χ1v) is 5.74. The Morgan fingerprint density at radius 3 is 2.46 bits per heavy atom. The van der Waals surface area contributed by atoms with E-state index in [2.05, 4.69) is 16.9 Å². The van der Waals surface area contributed by atoms with E-state index in [1.807, 2.05) is 6.07 Å². The molecule has 5 heteroatoms. The van der Waals surface area contributed by atoms with E-state index >= 15 is 0 Å². The summed E-state index contributed by atoms with van der Waals surface area (Å²) in [5.41, 5.74) is 1.74. The molecule has 1 aromatic rings. The summed E-state index contributed by atoms with van der Waals surface area (Å²) in [6.45, 7) is 0. The highest BCUT2D eigenvalue weighted by Crippen LogP contribution is 2.02. The van der Waals surface area contributed by atoms with Gasteiger partial charge in [-0.1, -0.05) is 42.5 Å². The average Bonchev–Trinajstić information content (AvgIpc) is 2.04. The fourth-order valence-electron chi connectivity index (χ4n) is 0.909. The molecule has 0 atom stereocenters. The third-order valence-corrected chi connectivity index (χ3v) is 2.88. The molecule has 0 amide bonds. The lowest BCUT2D eigenvalue weighted by Gasteiger charge is -2.01. The third-order valence-electron chi connectivity index (χ3n) is 1.43. The second-order valence-electron chi connectivity index (χ2n) is 2.48. The summed E-state index contributed by atoms with van der Waals surface area (Å²) in [5, 5.41) is 0. The van der Waals surface area contributed by atoms with Crippen molar-refractivity contribution in [2.24, 2.45) is 0 Å². The zero-order valence-electron chi connectivity index (χ0n) is 6.80. The van der Waals surface area contributed by atoms with Crippen LogP contribution in [0.25, 0.3) is 0 Å². The van der Waals surface area contributed by atoms with Crippen LogP contribution in [0, 0.1) is 0 Å². The summed E-state index contributed by atoms with van der Waals surface area (Å²) in [6.07, 6.45) is 0. The average molecular weight is 215 g/mol. The number of nitrogens with one attached hydrogen (secondary N) is 1. The minimum Gasteiger partial charge on any atom is -0.280 e. The van der Waals surface area contributed by atoms with Gasteiger partial charge < -0.3 is 0 Å². The van der Waals surface area contributed by atoms with Gasteiger partial charge in [0.15, 0.2) is 0 Å². The normalized spacial score (nSPS) is 10.8. The van der Waals surface area contributed by atoms with Crippen LogP contribution >= 0.6 is 12.2 Å². The number of rotatable bonds is 4. The van der Waals surface area contributed by atoms with Gasteiger partial charge in [0.05, 0.1) is 11.2 Å². The van der Waals surface area contributed by atoms with Gasteiger partial charge in [-0.15, -0.1) is 0 Å². The second kappa shape index (κ2) is 4.34. The van der Waals surface area contributed by atoms with Gasteiger partial charge in [-0.25, -0.2) is 8.42 Å². The van der Waals surface area contributed by atoms with Crippen LogP contribution in [0.1, 0.15) is 5.56 Å². The lowest BCUT2D eigenvalue weighted by atomic mass is 10.2. The molecule has 1 rings (SSSR count). The minimum atomic E-state index is -3.29. The number of benzene rings is 1. The maximum Gasteiger partial charge on any atom is 0.237 e. The van der Waals surface area contributed by atoms with Crippen LogP contribution in [0.2, 0.25) is 0 Å². The molecule has 1 N–H and O–H groups in total. The number of hydrogen-bond acceptors (Lipinski definition) is 3. The summed E-state index contributed by atoms with van der Waals surface area (Å²) >= 11 is 4.40. The van der Waals surface area contributed by atoms with Crippen molar-refractivity contribution in [1.29, 1.82) is 0 Å². The molecular weight excluding hydrogens is 206 g/mol. The molecule has 1 aromatic carbocycles. The van der Waals surface area contributed by atoms with Crippen molar-refractivity contribution in [1.82, 2.24) is 4.72 Å². The molecule has 0 bridgehead atoms. The van der Waals surface area contributed by atoms with Gasteiger partial charge in [-0.2, -0.15) is 0 Å². The Kier molecular flexibility index (Phi) is 3.39. The molecule has 0 aromatic heterocycles. The van der Waals surface area contributed by atoms with Crippen LogP contribution in [0.4, 0.5) is 0 Å². The van der Waals surface area contributed by atoms with Gasteiger partial charge >= 0.3 is 0 Å². The molecule has 0 saturated carbocycles. The van der Waals surface area contributed by atoms with Crippen LogP contribution < -0.4 is 4.72 Å². The van der Waals surface area contributed by atoms with Gasteiger partial charge in [0.1, 0.15) is 0 Å². The lowest BCUT2D eigenvalue weighted by molar-refractivity contribution is 0.592. The van der Waals surface area contributed by atoms with E-state index in [9.17, 15) is 8.42 Å². The number of sulfonamides is 1. The van der Waals surface area contributed by atoms with Crippen molar-refractivity contribution in [3.8, 4) is 0 Å². The highest BCUT2D eigenvalue weighted by Gasteiger charge is 2.07. The summed E-state index contributed by atoms with van der Waals surface area (Å²) in [7, 11) is -3.29. The minimum absolute atomic E-state index is 0.0407. The molecule has 0 unspecified atom stereocenters. The van der Waals surface area contributed by atoms with Crippen LogP contribution in [-0.4, -0.2) is 13.9 Å². The van der Waals surface area contributed by atoms with Gasteiger partial charge in [0, 0.05) is 0 Å². The first kappa shape index (κ1) is 10.1. The molecule has 0 aliphatic heterocycles. The summed E-state index contributed by atoms with van der Waals surface area (Å²) in [6, 6.07) is 8.93. The van der Waals surface area contributed by atoms with Gasteiger partial charge in [0.2, 0.25) is 10.0 Å². The van der Waals surface area contributed by atoms with E-state index < -0.39 is 10.0 Å². The van der Waals surface area contributed by atoms with Crippen molar-refractivity contribution < 1.29 is 8.42 Å². The first-order valence-electron chi connectivity index (χ1n) is 3.61. The van der Waals surface area contributed by atoms with Crippen molar-refractivity contribution in [3.05, 3.63) is 35.9 Å². The monoisotopic (exact) mass is 215 g/mol. The molecule has 0 aliphatic carbocycles. The zero-order chi connectivity index (χ0) is 9.73. The molecule has 13 heavy (non-hydrogen) atoms. The molecule has 0 spiro atoms. The van der Waals surface area contributed by atoms with Crippen LogP contribution in [0.3, 0.4) is 0 Å². The SMILES string of the molecule is O=S(=O)(Cc1ccccc1)NC=S. The molecule has 0 radical (unpaired) electrons. The maximum atomic E-state index is 11.2. The predicted molar refractivity (Wildman–Crippen MR) is 55.9 cm³/mol. The van der Waals surface area contributed by atoms with E-state index in [0.29, 0.717) is 0 Å². The zero-order valence-corrected chi connectivity index (χ0v) is 8.44. The fraction of sp³-hybridized carbons (Fsp3) is 0.125. The van der Waals surface area contributed by atoms with Crippen molar-refractivity contribution in [2.75, 3.05) is 0 Å². The standard InChI is InChI=1S/C8H9NO2S2/c10-13(11,9-7-12)6-8-4-2-1-3-5-8/h1-5,7H,6H2,(H,9,12). The van der Waals surface area contributed by atoms with Gasteiger partial charge in [-0.05, 0) is 5.56 Å². The Balaban J connectivity index is 2.75. The third kappa shape index (κ3) is 3.52. The lowest BCUT2D eigenvalue weighted by Crippen LogP contribution is -2.22. The quantitative estimate of drug-likeness (QED) is 0.764. The van der Waals surface area contributed by atoms with Crippen LogP contribution in [0.15, 0.2) is 30.3 Å². The number of thiocarbonyl (C=S) groups is 1. The van der Waals surface area contributed by atoms with E-state index in [-0.39, 0.29) is 5.75 Å². The maximum absolute atomic E-state index is 11.2. The topological polar surface area (TPSA) is 46.2 Å². The molecule has 70 valence electrons. The number of hydrogen-bond donors (Lipinski definition) is 1.